The molecular formula is C48H33N. The zero-order valence-corrected chi connectivity index (χ0v) is 27.0. The highest BCUT2D eigenvalue weighted by Gasteiger charge is 2.16. The van der Waals surface area contributed by atoms with Gasteiger partial charge in [-0.3, -0.25) is 0 Å². The topological polar surface area (TPSA) is 3.24 Å². The second kappa shape index (κ2) is 12.3. The molecule has 0 saturated carbocycles. The van der Waals surface area contributed by atoms with E-state index in [4.69, 9.17) is 0 Å². The molecule has 9 rings (SSSR count). The SMILES string of the molecule is c1ccc(-c2cccc(N(c3ccc(-c4ccc5ccccc5c4)cc3)c3cccc(-c4cc5ccccc5c5ccccc45)c3)c2)cc1. The van der Waals surface area contributed by atoms with Crippen LogP contribution in [-0.2, 0) is 0 Å². The van der Waals surface area contributed by atoms with Crippen molar-refractivity contribution in [3.05, 3.63) is 200 Å². The normalized spacial score (nSPS) is 11.3. The summed E-state index contributed by atoms with van der Waals surface area (Å²) < 4.78 is 0. The van der Waals surface area contributed by atoms with Gasteiger partial charge in [0, 0.05) is 17.1 Å². The Hall–Kier alpha value is -6.44. The van der Waals surface area contributed by atoms with Gasteiger partial charge in [-0.05, 0) is 114 Å². The average Bonchev–Trinajstić information content (AvgIpc) is 3.18. The summed E-state index contributed by atoms with van der Waals surface area (Å²) in [5, 5.41) is 7.57. The van der Waals surface area contributed by atoms with E-state index in [9.17, 15) is 0 Å². The first-order valence-electron chi connectivity index (χ1n) is 16.8. The molecule has 0 atom stereocenters. The molecule has 1 heteroatoms. The van der Waals surface area contributed by atoms with E-state index in [1.807, 2.05) is 0 Å². The van der Waals surface area contributed by atoms with Crippen molar-refractivity contribution >= 4 is 49.4 Å². The van der Waals surface area contributed by atoms with Crippen molar-refractivity contribution in [2.75, 3.05) is 4.90 Å². The van der Waals surface area contributed by atoms with Gasteiger partial charge in [-0.25, -0.2) is 0 Å². The number of nitrogens with zero attached hydrogens (tertiary/aromatic N) is 1. The fourth-order valence-corrected chi connectivity index (χ4v) is 7.18. The highest BCUT2D eigenvalue weighted by Crippen LogP contribution is 2.41. The zero-order chi connectivity index (χ0) is 32.6. The quantitative estimate of drug-likeness (QED) is 0.167. The molecule has 0 spiro atoms. The van der Waals surface area contributed by atoms with E-state index in [0.717, 1.165) is 17.1 Å². The van der Waals surface area contributed by atoms with E-state index >= 15 is 0 Å². The number of benzene rings is 9. The number of hydrogen-bond acceptors (Lipinski definition) is 1. The minimum absolute atomic E-state index is 1.11. The lowest BCUT2D eigenvalue weighted by atomic mass is 9.93. The van der Waals surface area contributed by atoms with Crippen LogP contribution in [0.3, 0.4) is 0 Å². The van der Waals surface area contributed by atoms with Gasteiger partial charge in [0.15, 0.2) is 0 Å². The van der Waals surface area contributed by atoms with Crippen molar-refractivity contribution in [2.45, 2.75) is 0 Å². The van der Waals surface area contributed by atoms with Crippen molar-refractivity contribution in [2.24, 2.45) is 0 Å². The van der Waals surface area contributed by atoms with Crippen molar-refractivity contribution in [3.8, 4) is 33.4 Å². The Kier molecular flexibility index (Phi) is 7.22. The minimum atomic E-state index is 1.11. The monoisotopic (exact) mass is 623 g/mol. The Balaban J connectivity index is 1.19. The molecule has 0 fully saturated rings. The zero-order valence-electron chi connectivity index (χ0n) is 27.0. The maximum atomic E-state index is 2.38. The third-order valence-corrected chi connectivity index (χ3v) is 9.60. The molecule has 0 aliphatic heterocycles. The molecule has 0 aromatic heterocycles. The van der Waals surface area contributed by atoms with Crippen LogP contribution < -0.4 is 4.90 Å². The molecule has 0 radical (unpaired) electrons. The molecule has 1 nitrogen and oxygen atoms in total. The maximum absolute atomic E-state index is 2.38. The minimum Gasteiger partial charge on any atom is -0.310 e. The van der Waals surface area contributed by atoms with E-state index < -0.39 is 0 Å². The molecule has 0 saturated heterocycles. The molecule has 0 N–H and O–H groups in total. The third kappa shape index (κ3) is 5.42. The van der Waals surface area contributed by atoms with E-state index in [0.29, 0.717) is 0 Å². The Morgan fingerprint density at radius 3 is 1.55 bits per heavy atom. The molecule has 0 heterocycles. The van der Waals surface area contributed by atoms with Crippen LogP contribution in [0.5, 0.6) is 0 Å². The summed E-state index contributed by atoms with van der Waals surface area (Å²) in [6.07, 6.45) is 0. The van der Waals surface area contributed by atoms with E-state index in [1.54, 1.807) is 0 Å². The first kappa shape index (κ1) is 28.8. The third-order valence-electron chi connectivity index (χ3n) is 9.60. The summed E-state index contributed by atoms with van der Waals surface area (Å²) in [5.41, 5.74) is 10.6. The van der Waals surface area contributed by atoms with Gasteiger partial charge in [-0.15, -0.1) is 0 Å². The Morgan fingerprint density at radius 1 is 0.245 bits per heavy atom. The fourth-order valence-electron chi connectivity index (χ4n) is 7.18. The first-order valence-corrected chi connectivity index (χ1v) is 16.8. The highest BCUT2D eigenvalue weighted by molar-refractivity contribution is 6.14. The summed E-state index contributed by atoms with van der Waals surface area (Å²) in [6, 6.07) is 72.5. The van der Waals surface area contributed by atoms with Gasteiger partial charge >= 0.3 is 0 Å². The van der Waals surface area contributed by atoms with E-state index in [2.05, 4.69) is 205 Å². The summed E-state index contributed by atoms with van der Waals surface area (Å²) in [7, 11) is 0. The Labute approximate surface area is 287 Å². The van der Waals surface area contributed by atoms with E-state index in [-0.39, 0.29) is 0 Å². The second-order valence-electron chi connectivity index (χ2n) is 12.6. The average molecular weight is 624 g/mol. The number of fused-ring (bicyclic) bond motifs is 4. The Bertz CT molecular complexity index is 2600. The molecule has 0 amide bonds. The van der Waals surface area contributed by atoms with Crippen LogP contribution in [0.2, 0.25) is 0 Å². The van der Waals surface area contributed by atoms with Crippen molar-refractivity contribution in [1.29, 1.82) is 0 Å². The molecule has 0 bridgehead atoms. The highest BCUT2D eigenvalue weighted by atomic mass is 15.1. The largest absolute Gasteiger partial charge is 0.310 e. The molecule has 230 valence electrons. The number of rotatable bonds is 6. The smallest absolute Gasteiger partial charge is 0.0467 e. The first-order chi connectivity index (χ1) is 24.3. The van der Waals surface area contributed by atoms with Gasteiger partial charge in [0.2, 0.25) is 0 Å². The van der Waals surface area contributed by atoms with Gasteiger partial charge < -0.3 is 4.90 Å². The lowest BCUT2D eigenvalue weighted by Crippen LogP contribution is -2.10. The summed E-state index contributed by atoms with van der Waals surface area (Å²) in [4.78, 5) is 2.38. The number of hydrogen-bond donors (Lipinski definition) is 0. The maximum Gasteiger partial charge on any atom is 0.0467 e. The van der Waals surface area contributed by atoms with Crippen LogP contribution in [0.4, 0.5) is 17.1 Å². The second-order valence-corrected chi connectivity index (χ2v) is 12.6. The molecule has 0 aliphatic rings. The molecule has 9 aromatic rings. The summed E-state index contributed by atoms with van der Waals surface area (Å²) >= 11 is 0. The van der Waals surface area contributed by atoms with Gasteiger partial charge in [0.1, 0.15) is 0 Å². The predicted molar refractivity (Wildman–Crippen MR) is 210 cm³/mol. The Morgan fingerprint density at radius 2 is 0.776 bits per heavy atom. The molecule has 49 heavy (non-hydrogen) atoms. The van der Waals surface area contributed by atoms with Crippen molar-refractivity contribution in [1.82, 2.24) is 0 Å². The fraction of sp³-hybridized carbons (Fsp3) is 0. The molecular weight excluding hydrogens is 591 g/mol. The van der Waals surface area contributed by atoms with Gasteiger partial charge in [-0.2, -0.15) is 0 Å². The van der Waals surface area contributed by atoms with Crippen LogP contribution in [0.15, 0.2) is 200 Å². The van der Waals surface area contributed by atoms with Gasteiger partial charge in [0.05, 0.1) is 0 Å². The van der Waals surface area contributed by atoms with Crippen LogP contribution >= 0.6 is 0 Å². The predicted octanol–water partition coefficient (Wildman–Crippen LogP) is 13.6. The summed E-state index contributed by atoms with van der Waals surface area (Å²) in [6.45, 7) is 0. The standard InChI is InChI=1S/C48H33N/c1-2-12-34(13-3-1)38-17-10-19-43(31-38)49(42-28-26-36(27-29-42)39-25-24-35-14-4-5-15-37(35)30-39)44-20-11-18-40(32-44)48-33-41-16-6-7-21-45(41)46-22-8-9-23-47(46)48/h1-33H. The van der Waals surface area contributed by atoms with Crippen molar-refractivity contribution in [3.63, 3.8) is 0 Å². The molecule has 0 aliphatic carbocycles. The van der Waals surface area contributed by atoms with Crippen LogP contribution in [0, 0.1) is 0 Å². The number of anilines is 3. The van der Waals surface area contributed by atoms with Gasteiger partial charge in [0.25, 0.3) is 0 Å². The van der Waals surface area contributed by atoms with E-state index in [1.165, 1.54) is 65.7 Å². The molecule has 9 aromatic carbocycles. The van der Waals surface area contributed by atoms with Crippen molar-refractivity contribution < 1.29 is 0 Å². The molecule has 0 unspecified atom stereocenters. The lowest BCUT2D eigenvalue weighted by Gasteiger charge is -2.27. The lowest BCUT2D eigenvalue weighted by molar-refractivity contribution is 1.28. The van der Waals surface area contributed by atoms with Crippen LogP contribution in [-0.4, -0.2) is 0 Å². The van der Waals surface area contributed by atoms with Crippen LogP contribution in [0.1, 0.15) is 0 Å². The summed E-state index contributed by atoms with van der Waals surface area (Å²) in [5.74, 6) is 0. The van der Waals surface area contributed by atoms with Gasteiger partial charge in [-0.1, -0.05) is 152 Å². The van der Waals surface area contributed by atoms with Crippen LogP contribution in [0.25, 0.3) is 65.7 Å².